The molecule has 3 rings (SSSR count). The van der Waals surface area contributed by atoms with Crippen LogP contribution in [0.5, 0.6) is 5.75 Å². The first kappa shape index (κ1) is 15.4. The quantitative estimate of drug-likeness (QED) is 0.750. The number of nitrogens with zero attached hydrogens (tertiary/aromatic N) is 1. The van der Waals surface area contributed by atoms with Crippen molar-refractivity contribution in [2.75, 3.05) is 9.64 Å². The molecule has 0 aromatic heterocycles. The second-order valence-corrected chi connectivity index (χ2v) is 7.71. The van der Waals surface area contributed by atoms with Crippen molar-refractivity contribution in [3.05, 3.63) is 54.6 Å². The van der Waals surface area contributed by atoms with Gasteiger partial charge in [0.15, 0.2) is 0 Å². The first-order valence-electron chi connectivity index (χ1n) is 7.05. The Morgan fingerprint density at radius 2 is 1.73 bits per heavy atom. The van der Waals surface area contributed by atoms with Crippen LogP contribution in [0.1, 0.15) is 12.8 Å². The van der Waals surface area contributed by atoms with Crippen LogP contribution >= 0.6 is 15.9 Å². The molecule has 2 aromatic carbocycles. The van der Waals surface area contributed by atoms with E-state index >= 15 is 0 Å². The predicted octanol–water partition coefficient (Wildman–Crippen LogP) is 4.05. The predicted molar refractivity (Wildman–Crippen MR) is 91.4 cm³/mol. The molecule has 22 heavy (non-hydrogen) atoms. The van der Waals surface area contributed by atoms with E-state index in [0.717, 1.165) is 11.8 Å². The van der Waals surface area contributed by atoms with Crippen LogP contribution in [0, 0.1) is 0 Å². The highest BCUT2D eigenvalue weighted by Crippen LogP contribution is 2.42. The smallest absolute Gasteiger partial charge is 0.277 e. The average molecular weight is 382 g/mol. The van der Waals surface area contributed by atoms with Crippen molar-refractivity contribution in [3.8, 4) is 5.75 Å². The Balaban J connectivity index is 2.12. The number of anilines is 2. The molecule has 0 N–H and O–H groups in total. The molecule has 0 aliphatic carbocycles. The average Bonchev–Trinajstić information content (AvgIpc) is 2.53. The van der Waals surface area contributed by atoms with Crippen molar-refractivity contribution in [2.24, 2.45) is 0 Å². The molecule has 116 valence electrons. The number of ether oxygens (including phenoxy) is 1. The fourth-order valence-corrected chi connectivity index (χ4v) is 4.57. The highest BCUT2D eigenvalue weighted by molar-refractivity contribution is 9.09. The lowest BCUT2D eigenvalue weighted by molar-refractivity contribution is 0.257. The van der Waals surface area contributed by atoms with Gasteiger partial charge in [0, 0.05) is 11.8 Å². The van der Waals surface area contributed by atoms with E-state index < -0.39 is 15.5 Å². The lowest BCUT2D eigenvalue weighted by atomic mass is 10.2. The first-order valence-corrected chi connectivity index (χ1v) is 9.68. The zero-order valence-electron chi connectivity index (χ0n) is 11.9. The maximum Gasteiger partial charge on any atom is 0.277 e. The highest BCUT2D eigenvalue weighted by atomic mass is 79.9. The van der Waals surface area contributed by atoms with Crippen LogP contribution in [0.4, 0.5) is 11.4 Å². The molecule has 1 heterocycles. The molecule has 4 nitrogen and oxygen atoms in total. The fourth-order valence-electron chi connectivity index (χ4n) is 2.48. The Kier molecular flexibility index (Phi) is 4.40. The standard InChI is InChI=1S/C16H16BrNO3S/c17-12-6-11-16-21-15-10-5-4-9-14(15)18(22(16,19)20)13-7-2-1-3-8-13/h1-5,7-10,16H,6,11-12H2. The van der Waals surface area contributed by atoms with Gasteiger partial charge in [0.05, 0.1) is 11.4 Å². The van der Waals surface area contributed by atoms with Crippen LogP contribution in [-0.4, -0.2) is 19.2 Å². The summed E-state index contributed by atoms with van der Waals surface area (Å²) < 4.78 is 33.1. The van der Waals surface area contributed by atoms with Crippen LogP contribution < -0.4 is 9.04 Å². The number of fused-ring (bicyclic) bond motifs is 1. The molecular formula is C16H16BrNO3S. The molecule has 0 saturated carbocycles. The van der Waals surface area contributed by atoms with Crippen molar-refractivity contribution in [1.29, 1.82) is 0 Å². The Morgan fingerprint density at radius 1 is 1.05 bits per heavy atom. The van der Waals surface area contributed by atoms with Crippen molar-refractivity contribution in [2.45, 2.75) is 18.3 Å². The van der Waals surface area contributed by atoms with Gasteiger partial charge in [-0.1, -0.05) is 46.3 Å². The van der Waals surface area contributed by atoms with Crippen LogP contribution in [0.15, 0.2) is 54.6 Å². The molecule has 0 spiro atoms. The van der Waals surface area contributed by atoms with E-state index in [2.05, 4.69) is 15.9 Å². The Bertz CT molecular complexity index is 749. The van der Waals surface area contributed by atoms with E-state index in [1.807, 2.05) is 30.3 Å². The molecular weight excluding hydrogens is 366 g/mol. The first-order chi connectivity index (χ1) is 10.6. The van der Waals surface area contributed by atoms with E-state index in [1.54, 1.807) is 24.3 Å². The van der Waals surface area contributed by atoms with Gasteiger partial charge in [-0.2, -0.15) is 0 Å². The van der Waals surface area contributed by atoms with Gasteiger partial charge in [0.2, 0.25) is 5.44 Å². The molecule has 0 saturated heterocycles. The largest absolute Gasteiger partial charge is 0.470 e. The molecule has 6 heteroatoms. The second kappa shape index (κ2) is 6.30. The van der Waals surface area contributed by atoms with E-state index in [4.69, 9.17) is 4.74 Å². The third-order valence-corrected chi connectivity index (χ3v) is 5.97. The maximum atomic E-state index is 13.0. The molecule has 1 aliphatic heterocycles. The monoisotopic (exact) mass is 381 g/mol. The minimum Gasteiger partial charge on any atom is -0.470 e. The summed E-state index contributed by atoms with van der Waals surface area (Å²) in [6.07, 6.45) is 1.18. The number of benzene rings is 2. The van der Waals surface area contributed by atoms with Gasteiger partial charge in [-0.25, -0.2) is 12.7 Å². The van der Waals surface area contributed by atoms with Crippen molar-refractivity contribution in [3.63, 3.8) is 0 Å². The van der Waals surface area contributed by atoms with E-state index in [9.17, 15) is 8.42 Å². The topological polar surface area (TPSA) is 46.6 Å². The number of hydrogen-bond donors (Lipinski definition) is 0. The normalized spacial score (nSPS) is 19.3. The zero-order chi connectivity index (χ0) is 15.6. The van der Waals surface area contributed by atoms with E-state index in [-0.39, 0.29) is 0 Å². The van der Waals surface area contributed by atoms with Crippen LogP contribution in [0.2, 0.25) is 0 Å². The number of rotatable bonds is 4. The molecule has 1 unspecified atom stereocenters. The number of halogens is 1. The van der Waals surface area contributed by atoms with Gasteiger partial charge < -0.3 is 4.74 Å². The number of para-hydroxylation sites is 3. The summed E-state index contributed by atoms with van der Waals surface area (Å²) in [4.78, 5) is 0. The minimum atomic E-state index is -3.61. The molecule has 0 amide bonds. The maximum absolute atomic E-state index is 13.0. The summed E-state index contributed by atoms with van der Waals surface area (Å²) >= 11 is 3.34. The lowest BCUT2D eigenvalue weighted by Gasteiger charge is -2.35. The molecule has 2 aromatic rings. The Hall–Kier alpha value is -1.53. The van der Waals surface area contributed by atoms with Gasteiger partial charge in [-0.3, -0.25) is 0 Å². The molecule has 0 radical (unpaired) electrons. The van der Waals surface area contributed by atoms with Crippen LogP contribution in [0.25, 0.3) is 0 Å². The summed E-state index contributed by atoms with van der Waals surface area (Å²) in [5, 5.41) is 0.745. The van der Waals surface area contributed by atoms with E-state index in [1.165, 1.54) is 4.31 Å². The van der Waals surface area contributed by atoms with Gasteiger partial charge in [0.1, 0.15) is 5.75 Å². The third kappa shape index (κ3) is 2.73. The number of hydrogen-bond acceptors (Lipinski definition) is 3. The summed E-state index contributed by atoms with van der Waals surface area (Å²) in [7, 11) is -3.61. The van der Waals surface area contributed by atoms with Crippen LogP contribution in [0.3, 0.4) is 0 Å². The summed E-state index contributed by atoms with van der Waals surface area (Å²) in [6, 6.07) is 16.3. The summed E-state index contributed by atoms with van der Waals surface area (Å²) in [5.41, 5.74) is 0.325. The summed E-state index contributed by atoms with van der Waals surface area (Å²) in [6.45, 7) is 0. The van der Waals surface area contributed by atoms with Gasteiger partial charge in [0.25, 0.3) is 10.0 Å². The lowest BCUT2D eigenvalue weighted by Crippen LogP contribution is -2.42. The van der Waals surface area contributed by atoms with E-state index in [0.29, 0.717) is 23.5 Å². The van der Waals surface area contributed by atoms with Crippen LogP contribution in [-0.2, 0) is 10.0 Å². The molecule has 0 fully saturated rings. The van der Waals surface area contributed by atoms with Crippen molar-refractivity contribution < 1.29 is 13.2 Å². The molecule has 1 aliphatic rings. The number of alkyl halides is 1. The second-order valence-electron chi connectivity index (χ2n) is 4.99. The molecule has 0 bridgehead atoms. The van der Waals surface area contributed by atoms with Crippen molar-refractivity contribution in [1.82, 2.24) is 0 Å². The molecule has 1 atom stereocenters. The number of sulfonamides is 1. The zero-order valence-corrected chi connectivity index (χ0v) is 14.3. The SMILES string of the molecule is O=S1(=O)C(CCCBr)Oc2ccccc2N1c1ccccc1. The summed E-state index contributed by atoms with van der Waals surface area (Å²) in [5.74, 6) is 0.598. The fraction of sp³-hybridized carbons (Fsp3) is 0.250. The minimum absolute atomic E-state index is 0.450. The Morgan fingerprint density at radius 3 is 2.45 bits per heavy atom. The van der Waals surface area contributed by atoms with Gasteiger partial charge in [-0.05, 0) is 30.7 Å². The van der Waals surface area contributed by atoms with Crippen molar-refractivity contribution >= 4 is 37.3 Å². The Labute approximate surface area is 138 Å². The van der Waals surface area contributed by atoms with Gasteiger partial charge >= 0.3 is 0 Å². The van der Waals surface area contributed by atoms with Gasteiger partial charge in [-0.15, -0.1) is 0 Å². The third-order valence-electron chi connectivity index (χ3n) is 3.49. The highest BCUT2D eigenvalue weighted by Gasteiger charge is 2.40.